The number of pyridine rings is 1. The van der Waals surface area contributed by atoms with E-state index in [2.05, 4.69) is 20.1 Å². The summed E-state index contributed by atoms with van der Waals surface area (Å²) in [7, 11) is 0. The summed E-state index contributed by atoms with van der Waals surface area (Å²) in [6.07, 6.45) is 1.71. The minimum Gasteiger partial charge on any atom is -0.336 e. The van der Waals surface area contributed by atoms with E-state index in [1.165, 1.54) is 5.56 Å². The van der Waals surface area contributed by atoms with Gasteiger partial charge >= 0.3 is 0 Å². The predicted octanol–water partition coefficient (Wildman–Crippen LogP) is 2.09. The van der Waals surface area contributed by atoms with Crippen molar-refractivity contribution >= 4 is 5.91 Å². The van der Waals surface area contributed by atoms with E-state index in [-0.39, 0.29) is 17.3 Å². The van der Waals surface area contributed by atoms with Crippen LogP contribution in [0.5, 0.6) is 0 Å². The molecular weight excluding hydrogens is 316 g/mol. The number of alkyl halides is 2. The van der Waals surface area contributed by atoms with Gasteiger partial charge in [0.15, 0.2) is 5.69 Å². The average molecular weight is 335 g/mol. The number of hydrogen-bond acceptors (Lipinski definition) is 4. The molecule has 128 valence electrons. The van der Waals surface area contributed by atoms with Crippen LogP contribution in [0.1, 0.15) is 34.6 Å². The van der Waals surface area contributed by atoms with Crippen LogP contribution in [0, 0.1) is 0 Å². The van der Waals surface area contributed by atoms with Gasteiger partial charge in [-0.1, -0.05) is 0 Å². The van der Waals surface area contributed by atoms with Gasteiger partial charge in [-0.25, -0.2) is 8.78 Å². The SMILES string of the molecule is O=C(c1cc(C(F)F)[nH]n1)N1CCCN(Cc2ccncc2)CC1. The Balaban J connectivity index is 1.59. The number of nitrogens with zero attached hydrogens (tertiary/aromatic N) is 4. The second-order valence-corrected chi connectivity index (χ2v) is 5.79. The first-order chi connectivity index (χ1) is 11.6. The molecule has 2 aromatic rings. The van der Waals surface area contributed by atoms with E-state index < -0.39 is 6.43 Å². The van der Waals surface area contributed by atoms with Crippen molar-refractivity contribution in [3.8, 4) is 0 Å². The molecule has 0 radical (unpaired) electrons. The number of aromatic amines is 1. The second-order valence-electron chi connectivity index (χ2n) is 5.79. The van der Waals surface area contributed by atoms with E-state index in [1.807, 2.05) is 12.1 Å². The molecule has 0 saturated carbocycles. The Morgan fingerprint density at radius 3 is 2.71 bits per heavy atom. The zero-order chi connectivity index (χ0) is 16.9. The zero-order valence-electron chi connectivity index (χ0n) is 13.2. The van der Waals surface area contributed by atoms with Gasteiger partial charge in [-0.2, -0.15) is 5.10 Å². The maximum atomic E-state index is 12.6. The molecule has 3 rings (SSSR count). The van der Waals surface area contributed by atoms with Crippen LogP contribution in [0.3, 0.4) is 0 Å². The zero-order valence-corrected chi connectivity index (χ0v) is 13.2. The van der Waals surface area contributed by atoms with Crippen LogP contribution < -0.4 is 0 Å². The van der Waals surface area contributed by atoms with E-state index in [9.17, 15) is 13.6 Å². The number of halogens is 2. The molecule has 0 aliphatic carbocycles. The van der Waals surface area contributed by atoms with Gasteiger partial charge in [0.1, 0.15) is 5.69 Å². The number of nitrogens with one attached hydrogen (secondary N) is 1. The molecule has 0 aromatic carbocycles. The van der Waals surface area contributed by atoms with Crippen molar-refractivity contribution in [2.45, 2.75) is 19.4 Å². The van der Waals surface area contributed by atoms with Gasteiger partial charge in [0, 0.05) is 45.1 Å². The van der Waals surface area contributed by atoms with E-state index in [0.717, 1.165) is 32.1 Å². The van der Waals surface area contributed by atoms with Crippen LogP contribution >= 0.6 is 0 Å². The van der Waals surface area contributed by atoms with Gasteiger partial charge in [0.2, 0.25) is 0 Å². The molecule has 0 atom stereocenters. The van der Waals surface area contributed by atoms with Gasteiger partial charge in [-0.05, 0) is 30.2 Å². The van der Waals surface area contributed by atoms with Crippen molar-refractivity contribution in [3.63, 3.8) is 0 Å². The molecule has 1 saturated heterocycles. The molecule has 2 aromatic heterocycles. The number of H-pyrrole nitrogens is 1. The normalized spacial score (nSPS) is 16.4. The number of rotatable bonds is 4. The Morgan fingerprint density at radius 1 is 1.21 bits per heavy atom. The molecule has 24 heavy (non-hydrogen) atoms. The standard InChI is InChI=1S/C16H19F2N5O/c17-15(18)13-10-14(21-20-13)16(24)23-7-1-6-22(8-9-23)11-12-2-4-19-5-3-12/h2-5,10,15H,1,6-9,11H2,(H,20,21). The highest BCUT2D eigenvalue weighted by Gasteiger charge is 2.23. The summed E-state index contributed by atoms with van der Waals surface area (Å²) in [5.74, 6) is -0.302. The third-order valence-corrected chi connectivity index (χ3v) is 4.08. The molecule has 1 aliphatic rings. The van der Waals surface area contributed by atoms with Crippen LogP contribution in [0.25, 0.3) is 0 Å². The molecule has 1 aliphatic heterocycles. The molecule has 0 unspecified atom stereocenters. The smallest absolute Gasteiger partial charge is 0.279 e. The molecule has 0 spiro atoms. The van der Waals surface area contributed by atoms with Crippen LogP contribution in [0.2, 0.25) is 0 Å². The van der Waals surface area contributed by atoms with E-state index in [1.54, 1.807) is 17.3 Å². The minimum absolute atomic E-state index is 0.0490. The lowest BCUT2D eigenvalue weighted by Crippen LogP contribution is -2.35. The molecule has 1 amide bonds. The van der Waals surface area contributed by atoms with Gasteiger partial charge in [0.05, 0.1) is 0 Å². The number of carbonyl (C=O) groups excluding carboxylic acids is 1. The number of amides is 1. The van der Waals surface area contributed by atoms with Crippen molar-refractivity contribution in [2.75, 3.05) is 26.2 Å². The van der Waals surface area contributed by atoms with Gasteiger partial charge in [-0.15, -0.1) is 0 Å². The third kappa shape index (κ3) is 3.94. The highest BCUT2D eigenvalue weighted by atomic mass is 19.3. The van der Waals surface area contributed by atoms with Crippen LogP contribution in [-0.4, -0.2) is 57.1 Å². The lowest BCUT2D eigenvalue weighted by molar-refractivity contribution is 0.0755. The average Bonchev–Trinajstić information content (AvgIpc) is 2.97. The van der Waals surface area contributed by atoms with Crippen LogP contribution in [0.15, 0.2) is 30.6 Å². The monoisotopic (exact) mass is 335 g/mol. The van der Waals surface area contributed by atoms with Crippen molar-refractivity contribution in [1.82, 2.24) is 25.0 Å². The van der Waals surface area contributed by atoms with Crippen molar-refractivity contribution < 1.29 is 13.6 Å². The molecule has 3 heterocycles. The fourth-order valence-corrected chi connectivity index (χ4v) is 2.80. The van der Waals surface area contributed by atoms with Crippen LogP contribution in [-0.2, 0) is 6.54 Å². The van der Waals surface area contributed by atoms with Crippen molar-refractivity contribution in [3.05, 3.63) is 47.5 Å². The summed E-state index contributed by atoms with van der Waals surface area (Å²) in [5, 5.41) is 5.93. The largest absolute Gasteiger partial charge is 0.336 e. The van der Waals surface area contributed by atoms with Crippen molar-refractivity contribution in [2.24, 2.45) is 0 Å². The second kappa shape index (κ2) is 7.48. The maximum Gasteiger partial charge on any atom is 0.279 e. The number of hydrogen-bond donors (Lipinski definition) is 1. The summed E-state index contributed by atoms with van der Waals surface area (Å²) in [5.41, 5.74) is 0.902. The first-order valence-electron chi connectivity index (χ1n) is 7.87. The Morgan fingerprint density at radius 2 is 2.00 bits per heavy atom. The van der Waals surface area contributed by atoms with Gasteiger partial charge < -0.3 is 4.90 Å². The molecular formula is C16H19F2N5O. The minimum atomic E-state index is -2.65. The summed E-state index contributed by atoms with van der Waals surface area (Å²) < 4.78 is 25.2. The lowest BCUT2D eigenvalue weighted by Gasteiger charge is -2.21. The Hall–Kier alpha value is -2.35. The molecule has 1 fully saturated rings. The van der Waals surface area contributed by atoms with Crippen LogP contribution in [0.4, 0.5) is 8.78 Å². The predicted molar refractivity (Wildman–Crippen MR) is 83.6 cm³/mol. The van der Waals surface area contributed by atoms with Gasteiger partial charge in [0.25, 0.3) is 12.3 Å². The summed E-state index contributed by atoms with van der Waals surface area (Å²) in [6, 6.07) is 5.08. The highest BCUT2D eigenvalue weighted by Crippen LogP contribution is 2.18. The fraction of sp³-hybridized carbons (Fsp3) is 0.438. The molecule has 0 bridgehead atoms. The first-order valence-corrected chi connectivity index (χ1v) is 7.87. The highest BCUT2D eigenvalue weighted by molar-refractivity contribution is 5.92. The first kappa shape index (κ1) is 16.5. The van der Waals surface area contributed by atoms with Crippen molar-refractivity contribution in [1.29, 1.82) is 0 Å². The van der Waals surface area contributed by atoms with E-state index in [4.69, 9.17) is 0 Å². The molecule has 1 N–H and O–H groups in total. The summed E-state index contributed by atoms with van der Waals surface area (Å²) in [4.78, 5) is 20.4. The number of aromatic nitrogens is 3. The third-order valence-electron chi connectivity index (χ3n) is 4.08. The summed E-state index contributed by atoms with van der Waals surface area (Å²) in [6.45, 7) is 3.58. The van der Waals surface area contributed by atoms with Gasteiger partial charge in [-0.3, -0.25) is 19.8 Å². The lowest BCUT2D eigenvalue weighted by atomic mass is 10.2. The molecule has 6 nitrogen and oxygen atoms in total. The number of carbonyl (C=O) groups is 1. The topological polar surface area (TPSA) is 65.1 Å². The Labute approximate surface area is 138 Å². The maximum absolute atomic E-state index is 12.6. The fourth-order valence-electron chi connectivity index (χ4n) is 2.80. The Kier molecular flexibility index (Phi) is 5.14. The summed E-state index contributed by atoms with van der Waals surface area (Å²) >= 11 is 0. The van der Waals surface area contributed by atoms with E-state index >= 15 is 0 Å². The molecule has 8 heteroatoms. The van der Waals surface area contributed by atoms with E-state index in [0.29, 0.717) is 13.1 Å². The quantitative estimate of drug-likeness (QED) is 0.929. The Bertz CT molecular complexity index is 676.